The van der Waals surface area contributed by atoms with Crippen LogP contribution in [-0.4, -0.2) is 16.1 Å². The molecule has 5 heteroatoms. The van der Waals surface area contributed by atoms with Crippen molar-refractivity contribution in [1.29, 1.82) is 0 Å². The standard InChI is InChI=1S/C24H21N3O2/c28-24(27-29)23(17-7-2-1-3-8-17)18-9-6-10-20(15-18)26-16-19-13-14-25-22-12-5-4-11-21(19)22/h1-15,23,26,29H,16H2,(H,27,28). The summed E-state index contributed by atoms with van der Waals surface area (Å²) in [6.45, 7) is 0.634. The highest BCUT2D eigenvalue weighted by atomic mass is 16.5. The molecule has 4 aromatic rings. The second-order valence-corrected chi connectivity index (χ2v) is 6.79. The first-order valence-corrected chi connectivity index (χ1v) is 9.41. The van der Waals surface area contributed by atoms with E-state index in [1.54, 1.807) is 5.48 Å². The van der Waals surface area contributed by atoms with E-state index in [2.05, 4.69) is 16.4 Å². The van der Waals surface area contributed by atoms with Crippen molar-refractivity contribution in [3.63, 3.8) is 0 Å². The summed E-state index contributed by atoms with van der Waals surface area (Å²) in [6.07, 6.45) is 1.81. The maximum Gasteiger partial charge on any atom is 0.255 e. The Morgan fingerprint density at radius 2 is 1.66 bits per heavy atom. The van der Waals surface area contributed by atoms with Crippen molar-refractivity contribution in [3.05, 3.63) is 108 Å². The largest absolute Gasteiger partial charge is 0.381 e. The number of hydroxylamine groups is 1. The fourth-order valence-corrected chi connectivity index (χ4v) is 3.54. The van der Waals surface area contributed by atoms with Crippen LogP contribution in [0.5, 0.6) is 0 Å². The average Bonchev–Trinajstić information content (AvgIpc) is 2.78. The van der Waals surface area contributed by atoms with Gasteiger partial charge in [-0.3, -0.25) is 15.0 Å². The van der Waals surface area contributed by atoms with E-state index in [9.17, 15) is 10.0 Å². The van der Waals surface area contributed by atoms with Crippen LogP contribution < -0.4 is 10.8 Å². The number of para-hydroxylation sites is 1. The van der Waals surface area contributed by atoms with Crippen LogP contribution in [0.1, 0.15) is 22.6 Å². The SMILES string of the molecule is O=C(NO)C(c1ccccc1)c1cccc(NCc2ccnc3ccccc23)c1. The van der Waals surface area contributed by atoms with E-state index in [0.717, 1.165) is 33.3 Å². The molecule has 1 aromatic heterocycles. The lowest BCUT2D eigenvalue weighted by atomic mass is 9.90. The third kappa shape index (κ3) is 4.10. The van der Waals surface area contributed by atoms with Gasteiger partial charge in [0, 0.05) is 23.8 Å². The maximum atomic E-state index is 12.4. The molecule has 3 N–H and O–H groups in total. The molecule has 1 amide bonds. The summed E-state index contributed by atoms with van der Waals surface area (Å²) in [4.78, 5) is 16.8. The quantitative estimate of drug-likeness (QED) is 0.339. The summed E-state index contributed by atoms with van der Waals surface area (Å²) in [5.41, 5.74) is 6.42. The first-order valence-electron chi connectivity index (χ1n) is 9.41. The van der Waals surface area contributed by atoms with Crippen molar-refractivity contribution >= 4 is 22.5 Å². The lowest BCUT2D eigenvalue weighted by Gasteiger charge is -2.17. The minimum atomic E-state index is -0.593. The van der Waals surface area contributed by atoms with Gasteiger partial charge in [-0.2, -0.15) is 0 Å². The zero-order valence-electron chi connectivity index (χ0n) is 15.7. The number of rotatable bonds is 6. The summed E-state index contributed by atoms with van der Waals surface area (Å²) in [5, 5.41) is 13.8. The minimum Gasteiger partial charge on any atom is -0.381 e. The topological polar surface area (TPSA) is 74.2 Å². The zero-order chi connectivity index (χ0) is 20.1. The van der Waals surface area contributed by atoms with Crippen molar-refractivity contribution < 1.29 is 10.0 Å². The molecule has 3 aromatic carbocycles. The predicted octanol–water partition coefficient (Wildman–Crippen LogP) is 4.48. The number of carbonyl (C=O) groups is 1. The number of nitrogens with zero attached hydrogens (tertiary/aromatic N) is 1. The first-order chi connectivity index (χ1) is 14.3. The number of hydrogen-bond acceptors (Lipinski definition) is 4. The van der Waals surface area contributed by atoms with E-state index in [1.807, 2.05) is 85.1 Å². The van der Waals surface area contributed by atoms with Gasteiger partial charge in [0.15, 0.2) is 0 Å². The molecule has 4 rings (SSSR count). The van der Waals surface area contributed by atoms with E-state index >= 15 is 0 Å². The molecule has 0 radical (unpaired) electrons. The number of fused-ring (bicyclic) bond motifs is 1. The molecule has 0 spiro atoms. The molecule has 0 aliphatic heterocycles. The lowest BCUT2D eigenvalue weighted by molar-refractivity contribution is -0.129. The molecule has 0 aliphatic carbocycles. The van der Waals surface area contributed by atoms with Crippen LogP contribution in [0.15, 0.2) is 91.1 Å². The molecule has 144 valence electrons. The Kier molecular flexibility index (Phi) is 5.49. The summed E-state index contributed by atoms with van der Waals surface area (Å²) in [6, 6.07) is 27.2. The Labute approximate surface area is 169 Å². The van der Waals surface area contributed by atoms with Gasteiger partial charge < -0.3 is 5.32 Å². The van der Waals surface area contributed by atoms with Gasteiger partial charge in [-0.25, -0.2) is 5.48 Å². The van der Waals surface area contributed by atoms with E-state index < -0.39 is 11.8 Å². The highest BCUT2D eigenvalue weighted by Gasteiger charge is 2.22. The highest BCUT2D eigenvalue weighted by Crippen LogP contribution is 2.27. The zero-order valence-corrected chi connectivity index (χ0v) is 15.7. The Morgan fingerprint density at radius 1 is 0.897 bits per heavy atom. The summed E-state index contributed by atoms with van der Waals surface area (Å²) < 4.78 is 0. The molecule has 0 fully saturated rings. The van der Waals surface area contributed by atoms with Gasteiger partial charge in [0.1, 0.15) is 0 Å². The van der Waals surface area contributed by atoms with Gasteiger partial charge in [0.05, 0.1) is 11.4 Å². The third-order valence-corrected chi connectivity index (χ3v) is 4.95. The second kappa shape index (κ2) is 8.54. The van der Waals surface area contributed by atoms with Crippen LogP contribution in [0.3, 0.4) is 0 Å². The van der Waals surface area contributed by atoms with Crippen molar-refractivity contribution in [2.75, 3.05) is 5.32 Å². The number of aromatic nitrogens is 1. The van der Waals surface area contributed by atoms with Crippen molar-refractivity contribution in [2.45, 2.75) is 12.5 Å². The van der Waals surface area contributed by atoms with E-state index in [4.69, 9.17) is 0 Å². The number of pyridine rings is 1. The van der Waals surface area contributed by atoms with Gasteiger partial charge >= 0.3 is 0 Å². The molecule has 1 heterocycles. The second-order valence-electron chi connectivity index (χ2n) is 6.79. The Balaban J connectivity index is 1.60. The molecular formula is C24H21N3O2. The predicted molar refractivity (Wildman–Crippen MR) is 114 cm³/mol. The average molecular weight is 383 g/mol. The van der Waals surface area contributed by atoms with Gasteiger partial charge in [0.2, 0.25) is 0 Å². The minimum absolute atomic E-state index is 0.464. The van der Waals surface area contributed by atoms with Crippen LogP contribution in [0, 0.1) is 0 Å². The molecule has 5 nitrogen and oxygen atoms in total. The number of anilines is 1. The molecule has 0 saturated carbocycles. The van der Waals surface area contributed by atoms with Crippen LogP contribution >= 0.6 is 0 Å². The Hall–Kier alpha value is -3.70. The van der Waals surface area contributed by atoms with E-state index in [1.165, 1.54) is 0 Å². The van der Waals surface area contributed by atoms with Crippen molar-refractivity contribution in [1.82, 2.24) is 10.5 Å². The first kappa shape index (κ1) is 18.7. The number of hydrogen-bond donors (Lipinski definition) is 3. The third-order valence-electron chi connectivity index (χ3n) is 4.95. The van der Waals surface area contributed by atoms with Crippen LogP contribution in [0.4, 0.5) is 5.69 Å². The number of carbonyl (C=O) groups excluding carboxylic acids is 1. The van der Waals surface area contributed by atoms with E-state index in [0.29, 0.717) is 6.54 Å². The number of amides is 1. The summed E-state index contributed by atoms with van der Waals surface area (Å²) in [5.74, 6) is -1.06. The van der Waals surface area contributed by atoms with Crippen LogP contribution in [-0.2, 0) is 11.3 Å². The van der Waals surface area contributed by atoms with Crippen LogP contribution in [0.25, 0.3) is 10.9 Å². The molecular weight excluding hydrogens is 362 g/mol. The normalized spacial score (nSPS) is 11.8. The van der Waals surface area contributed by atoms with Gasteiger partial charge in [-0.05, 0) is 41.0 Å². The highest BCUT2D eigenvalue weighted by molar-refractivity contribution is 5.86. The van der Waals surface area contributed by atoms with Gasteiger partial charge in [-0.1, -0.05) is 60.7 Å². The molecule has 0 aliphatic rings. The smallest absolute Gasteiger partial charge is 0.255 e. The molecule has 0 bridgehead atoms. The molecule has 1 unspecified atom stereocenters. The van der Waals surface area contributed by atoms with Crippen molar-refractivity contribution in [3.8, 4) is 0 Å². The number of nitrogens with one attached hydrogen (secondary N) is 2. The van der Waals surface area contributed by atoms with E-state index in [-0.39, 0.29) is 0 Å². The number of benzene rings is 3. The summed E-state index contributed by atoms with van der Waals surface area (Å²) >= 11 is 0. The lowest BCUT2D eigenvalue weighted by Crippen LogP contribution is -2.27. The molecule has 29 heavy (non-hydrogen) atoms. The van der Waals surface area contributed by atoms with Gasteiger partial charge in [0.25, 0.3) is 5.91 Å². The van der Waals surface area contributed by atoms with Crippen LogP contribution in [0.2, 0.25) is 0 Å². The molecule has 0 saturated heterocycles. The monoisotopic (exact) mass is 383 g/mol. The fourth-order valence-electron chi connectivity index (χ4n) is 3.54. The molecule has 1 atom stereocenters. The maximum absolute atomic E-state index is 12.4. The Bertz CT molecular complexity index is 1120. The van der Waals surface area contributed by atoms with Crippen molar-refractivity contribution in [2.24, 2.45) is 0 Å². The van der Waals surface area contributed by atoms with Gasteiger partial charge in [-0.15, -0.1) is 0 Å². The Morgan fingerprint density at radius 3 is 2.48 bits per heavy atom. The summed E-state index contributed by atoms with van der Waals surface area (Å²) in [7, 11) is 0. The fraction of sp³-hybridized carbons (Fsp3) is 0.0833.